The number of carbonyl (C=O) groups is 1. The van der Waals surface area contributed by atoms with Crippen molar-refractivity contribution in [2.24, 2.45) is 0 Å². The minimum atomic E-state index is -0.113. The minimum absolute atomic E-state index is 0.103. The van der Waals surface area contributed by atoms with Crippen LogP contribution in [0.1, 0.15) is 13.8 Å². The van der Waals surface area contributed by atoms with Crippen LogP contribution in [0.3, 0.4) is 0 Å². The summed E-state index contributed by atoms with van der Waals surface area (Å²) in [5, 5.41) is 5.62. The average molecular weight is 273 g/mol. The monoisotopic (exact) mass is 272 g/mol. The summed E-state index contributed by atoms with van der Waals surface area (Å²) in [5.74, 6) is 0.679. The molecule has 0 unspecified atom stereocenters. The minimum Gasteiger partial charge on any atom is -0.358 e. The molecule has 0 aliphatic heterocycles. The molecule has 0 radical (unpaired) electrons. The van der Waals surface area contributed by atoms with Gasteiger partial charge in [0.1, 0.15) is 0 Å². The van der Waals surface area contributed by atoms with Gasteiger partial charge in [-0.25, -0.2) is 0 Å². The largest absolute Gasteiger partial charge is 0.358 e. The number of nitrogens with one attached hydrogen (secondary N) is 2. The summed E-state index contributed by atoms with van der Waals surface area (Å²) < 4.78 is 0. The lowest BCUT2D eigenvalue weighted by molar-refractivity contribution is -0.119. The van der Waals surface area contributed by atoms with Gasteiger partial charge in [-0.1, -0.05) is 0 Å². The molecule has 8 heteroatoms. The molecular formula is C10H17ClN6O. The van der Waals surface area contributed by atoms with Gasteiger partial charge in [-0.05, 0) is 25.4 Å². The molecule has 2 N–H and O–H groups in total. The molecule has 1 aromatic rings. The molecule has 18 heavy (non-hydrogen) atoms. The van der Waals surface area contributed by atoms with Crippen molar-refractivity contribution in [1.82, 2.24) is 20.3 Å². The maximum absolute atomic E-state index is 11.4. The second-order valence-electron chi connectivity index (χ2n) is 3.45. The normalized spacial score (nSPS) is 10.0. The molecule has 1 aromatic heterocycles. The Labute approximate surface area is 111 Å². The Morgan fingerprint density at radius 3 is 2.61 bits per heavy atom. The van der Waals surface area contributed by atoms with Crippen LogP contribution in [-0.2, 0) is 4.79 Å². The highest BCUT2D eigenvalue weighted by Crippen LogP contribution is 2.13. The van der Waals surface area contributed by atoms with E-state index in [2.05, 4.69) is 25.6 Å². The first-order valence-electron chi connectivity index (χ1n) is 5.71. The van der Waals surface area contributed by atoms with Gasteiger partial charge in [0, 0.05) is 20.1 Å². The van der Waals surface area contributed by atoms with Gasteiger partial charge >= 0.3 is 0 Å². The number of amides is 1. The summed E-state index contributed by atoms with van der Waals surface area (Å²) in [4.78, 5) is 25.3. The van der Waals surface area contributed by atoms with Gasteiger partial charge in [0.15, 0.2) is 0 Å². The Bertz CT molecular complexity index is 413. The molecule has 0 fully saturated rings. The molecule has 1 heterocycles. The molecule has 0 atom stereocenters. The first-order chi connectivity index (χ1) is 8.60. The first kappa shape index (κ1) is 14.4. The van der Waals surface area contributed by atoms with E-state index in [1.807, 2.05) is 13.8 Å². The third-order valence-electron chi connectivity index (χ3n) is 2.21. The molecule has 0 saturated carbocycles. The number of rotatable bonds is 6. The van der Waals surface area contributed by atoms with Crippen LogP contribution in [0.15, 0.2) is 0 Å². The van der Waals surface area contributed by atoms with E-state index in [0.717, 1.165) is 0 Å². The van der Waals surface area contributed by atoms with Crippen molar-refractivity contribution in [3.63, 3.8) is 0 Å². The number of carbonyl (C=O) groups excluding carboxylic acids is 1. The molecule has 0 aliphatic rings. The van der Waals surface area contributed by atoms with Gasteiger partial charge < -0.3 is 15.5 Å². The molecule has 100 valence electrons. The van der Waals surface area contributed by atoms with Crippen molar-refractivity contribution in [2.45, 2.75) is 13.8 Å². The number of hydrogen-bond donors (Lipinski definition) is 2. The second kappa shape index (κ2) is 6.95. The number of halogens is 1. The molecular weight excluding hydrogens is 256 g/mol. The van der Waals surface area contributed by atoms with Crippen molar-refractivity contribution in [3.05, 3.63) is 5.28 Å². The van der Waals surface area contributed by atoms with Crippen LogP contribution in [0.4, 0.5) is 11.9 Å². The standard InChI is InChI=1S/C10H17ClN6O/c1-4-13-9-14-8(11)15-10(16-9)17(5-2)6-7(18)12-3/h4-6H2,1-3H3,(H,12,18)(H,13,14,15,16). The lowest BCUT2D eigenvalue weighted by Gasteiger charge is -2.20. The zero-order chi connectivity index (χ0) is 13.5. The zero-order valence-electron chi connectivity index (χ0n) is 10.7. The number of anilines is 2. The van der Waals surface area contributed by atoms with Gasteiger partial charge in [0.2, 0.25) is 23.1 Å². The summed E-state index contributed by atoms with van der Waals surface area (Å²) in [5.41, 5.74) is 0. The van der Waals surface area contributed by atoms with E-state index in [1.165, 1.54) is 0 Å². The molecule has 1 rings (SSSR count). The topological polar surface area (TPSA) is 83.0 Å². The van der Waals surface area contributed by atoms with Crippen molar-refractivity contribution >= 4 is 29.4 Å². The van der Waals surface area contributed by atoms with Crippen LogP contribution >= 0.6 is 11.6 Å². The van der Waals surface area contributed by atoms with Gasteiger partial charge in [-0.3, -0.25) is 4.79 Å². The highest BCUT2D eigenvalue weighted by atomic mass is 35.5. The van der Waals surface area contributed by atoms with E-state index in [0.29, 0.717) is 25.0 Å². The molecule has 0 aromatic carbocycles. The van der Waals surface area contributed by atoms with Crippen LogP contribution in [0.5, 0.6) is 0 Å². The predicted octanol–water partition coefficient (Wildman–Crippen LogP) is 0.529. The van der Waals surface area contributed by atoms with Gasteiger partial charge in [0.05, 0.1) is 6.54 Å². The van der Waals surface area contributed by atoms with Gasteiger partial charge in [-0.15, -0.1) is 0 Å². The fraction of sp³-hybridized carbons (Fsp3) is 0.600. The lowest BCUT2D eigenvalue weighted by Crippen LogP contribution is -2.36. The van der Waals surface area contributed by atoms with Gasteiger partial charge in [-0.2, -0.15) is 15.0 Å². The Morgan fingerprint density at radius 1 is 1.33 bits per heavy atom. The van der Waals surface area contributed by atoms with Crippen LogP contribution in [-0.4, -0.2) is 47.5 Å². The van der Waals surface area contributed by atoms with E-state index in [9.17, 15) is 4.79 Å². The number of nitrogens with zero attached hydrogens (tertiary/aromatic N) is 4. The fourth-order valence-corrected chi connectivity index (χ4v) is 1.45. The van der Waals surface area contributed by atoms with Crippen LogP contribution < -0.4 is 15.5 Å². The fourth-order valence-electron chi connectivity index (χ4n) is 1.29. The van der Waals surface area contributed by atoms with Crippen LogP contribution in [0, 0.1) is 0 Å². The smallest absolute Gasteiger partial charge is 0.239 e. The van der Waals surface area contributed by atoms with Crippen LogP contribution in [0.2, 0.25) is 5.28 Å². The first-order valence-corrected chi connectivity index (χ1v) is 6.09. The predicted molar refractivity (Wildman–Crippen MR) is 71.0 cm³/mol. The Hall–Kier alpha value is -1.63. The number of likely N-dealkylation sites (N-methyl/N-ethyl adjacent to an activating group) is 2. The summed E-state index contributed by atoms with van der Waals surface area (Å²) >= 11 is 5.83. The van der Waals surface area contributed by atoms with Crippen molar-refractivity contribution in [2.75, 3.05) is 36.9 Å². The molecule has 0 aliphatic carbocycles. The molecule has 0 spiro atoms. The summed E-state index contributed by atoms with van der Waals surface area (Å²) in [6.45, 7) is 5.30. The van der Waals surface area contributed by atoms with E-state index in [4.69, 9.17) is 11.6 Å². The van der Waals surface area contributed by atoms with E-state index >= 15 is 0 Å². The Morgan fingerprint density at radius 2 is 2.06 bits per heavy atom. The molecule has 0 bridgehead atoms. The van der Waals surface area contributed by atoms with E-state index in [1.54, 1.807) is 11.9 Å². The quantitative estimate of drug-likeness (QED) is 0.786. The zero-order valence-corrected chi connectivity index (χ0v) is 11.5. The van der Waals surface area contributed by atoms with Crippen LogP contribution in [0.25, 0.3) is 0 Å². The van der Waals surface area contributed by atoms with Crippen molar-refractivity contribution < 1.29 is 4.79 Å². The highest BCUT2D eigenvalue weighted by Gasteiger charge is 2.14. The number of aromatic nitrogens is 3. The third kappa shape index (κ3) is 3.99. The maximum Gasteiger partial charge on any atom is 0.239 e. The van der Waals surface area contributed by atoms with Gasteiger partial charge in [0.25, 0.3) is 0 Å². The highest BCUT2D eigenvalue weighted by molar-refractivity contribution is 6.28. The van der Waals surface area contributed by atoms with E-state index < -0.39 is 0 Å². The second-order valence-corrected chi connectivity index (χ2v) is 3.78. The molecule has 1 amide bonds. The summed E-state index contributed by atoms with van der Waals surface area (Å²) in [7, 11) is 1.58. The maximum atomic E-state index is 11.4. The van der Waals surface area contributed by atoms with E-state index in [-0.39, 0.29) is 17.7 Å². The van der Waals surface area contributed by atoms with Crippen molar-refractivity contribution in [3.8, 4) is 0 Å². The average Bonchev–Trinajstić information content (AvgIpc) is 2.35. The Balaban J connectivity index is 2.93. The Kier molecular flexibility index (Phi) is 5.57. The molecule has 7 nitrogen and oxygen atoms in total. The third-order valence-corrected chi connectivity index (χ3v) is 2.38. The number of hydrogen-bond acceptors (Lipinski definition) is 6. The summed E-state index contributed by atoms with van der Waals surface area (Å²) in [6, 6.07) is 0. The molecule has 0 saturated heterocycles. The lowest BCUT2D eigenvalue weighted by atomic mass is 10.5. The SMILES string of the molecule is CCNc1nc(Cl)nc(N(CC)CC(=O)NC)n1. The van der Waals surface area contributed by atoms with Crippen molar-refractivity contribution in [1.29, 1.82) is 0 Å². The summed E-state index contributed by atoms with van der Waals surface area (Å²) in [6.07, 6.45) is 0.